The van der Waals surface area contributed by atoms with Crippen LogP contribution in [0.3, 0.4) is 0 Å². The summed E-state index contributed by atoms with van der Waals surface area (Å²) in [4.78, 5) is 19.2. The first-order valence-electron chi connectivity index (χ1n) is 10.4. The highest BCUT2D eigenvalue weighted by Gasteiger charge is 2.14. The second-order valence-corrected chi connectivity index (χ2v) is 7.46. The van der Waals surface area contributed by atoms with Crippen LogP contribution in [0.2, 0.25) is 0 Å². The molecule has 0 aliphatic rings. The number of carbonyl (C=O) groups excluding carboxylic acids is 1. The number of aromatic amines is 1. The van der Waals surface area contributed by atoms with Gasteiger partial charge in [0, 0.05) is 37.7 Å². The molecule has 3 aromatic carbocycles. The van der Waals surface area contributed by atoms with Crippen molar-refractivity contribution in [1.29, 1.82) is 0 Å². The van der Waals surface area contributed by atoms with Crippen molar-refractivity contribution in [2.75, 3.05) is 13.1 Å². The maximum atomic E-state index is 10.9. The molecule has 1 amide bonds. The molecule has 158 valence electrons. The van der Waals surface area contributed by atoms with E-state index in [0.717, 1.165) is 44.7 Å². The molecule has 0 unspecified atom stereocenters. The molecule has 0 bridgehead atoms. The second-order valence-electron chi connectivity index (χ2n) is 7.46. The van der Waals surface area contributed by atoms with Gasteiger partial charge in [0.15, 0.2) is 0 Å². The number of fused-ring (bicyclic) bond motifs is 1. The Morgan fingerprint density at radius 2 is 1.81 bits per heavy atom. The van der Waals surface area contributed by atoms with E-state index >= 15 is 0 Å². The van der Waals surface area contributed by atoms with Gasteiger partial charge in [-0.2, -0.15) is 0 Å². The van der Waals surface area contributed by atoms with Crippen LogP contribution in [0.15, 0.2) is 66.7 Å². The Morgan fingerprint density at radius 1 is 1.00 bits per heavy atom. The third-order valence-corrected chi connectivity index (χ3v) is 5.21. The number of aromatic nitrogens is 2. The minimum Gasteiger partial charge on any atom is -0.392 e. The molecule has 0 saturated carbocycles. The van der Waals surface area contributed by atoms with Gasteiger partial charge in [0.1, 0.15) is 5.82 Å². The maximum Gasteiger partial charge on any atom is 0.216 e. The summed E-state index contributed by atoms with van der Waals surface area (Å²) in [5.74, 6) is 0.751. The number of aliphatic hydroxyl groups excluding tert-OH is 1. The summed E-state index contributed by atoms with van der Waals surface area (Å²) in [6, 6.07) is 22.3. The quantitative estimate of drug-likeness (QED) is 0.332. The molecule has 0 fully saturated rings. The Balaban J connectivity index is 1.58. The van der Waals surface area contributed by atoms with Crippen LogP contribution < -0.4 is 10.6 Å². The van der Waals surface area contributed by atoms with Crippen LogP contribution in [0.1, 0.15) is 18.1 Å². The molecule has 1 heterocycles. The van der Waals surface area contributed by atoms with Crippen LogP contribution >= 0.6 is 0 Å². The lowest BCUT2D eigenvalue weighted by atomic mass is 9.99. The Morgan fingerprint density at radius 3 is 2.58 bits per heavy atom. The van der Waals surface area contributed by atoms with Gasteiger partial charge in [0.2, 0.25) is 5.91 Å². The molecule has 4 rings (SSSR count). The zero-order valence-corrected chi connectivity index (χ0v) is 17.5. The Kier molecular flexibility index (Phi) is 6.40. The van der Waals surface area contributed by atoms with Crippen LogP contribution in [-0.2, 0) is 17.9 Å². The summed E-state index contributed by atoms with van der Waals surface area (Å²) < 4.78 is 0. The summed E-state index contributed by atoms with van der Waals surface area (Å²) in [6.45, 7) is 3.45. The van der Waals surface area contributed by atoms with Crippen LogP contribution in [0.5, 0.6) is 0 Å². The molecule has 6 nitrogen and oxygen atoms in total. The van der Waals surface area contributed by atoms with Crippen molar-refractivity contribution in [2.45, 2.75) is 20.1 Å². The number of aliphatic hydroxyl groups is 1. The minimum absolute atomic E-state index is 0.0219. The zero-order chi connectivity index (χ0) is 21.6. The molecule has 6 heteroatoms. The average molecular weight is 415 g/mol. The van der Waals surface area contributed by atoms with E-state index in [2.05, 4.69) is 27.8 Å². The number of benzene rings is 3. The van der Waals surface area contributed by atoms with E-state index in [0.29, 0.717) is 19.6 Å². The van der Waals surface area contributed by atoms with E-state index in [1.165, 1.54) is 6.92 Å². The number of amides is 1. The average Bonchev–Trinajstić information content (AvgIpc) is 3.23. The fourth-order valence-electron chi connectivity index (χ4n) is 3.71. The molecular formula is C25H26N4O2. The van der Waals surface area contributed by atoms with Gasteiger partial charge in [0.25, 0.3) is 0 Å². The second kappa shape index (κ2) is 9.55. The molecule has 0 spiro atoms. The summed E-state index contributed by atoms with van der Waals surface area (Å²) in [6.07, 6.45) is 0. The third-order valence-electron chi connectivity index (χ3n) is 5.21. The molecule has 0 saturated heterocycles. The number of hydrogen-bond donors (Lipinski definition) is 4. The van der Waals surface area contributed by atoms with E-state index in [1.807, 2.05) is 54.6 Å². The van der Waals surface area contributed by atoms with Crippen molar-refractivity contribution in [3.63, 3.8) is 0 Å². The number of hydrogen-bond acceptors (Lipinski definition) is 4. The van der Waals surface area contributed by atoms with Crippen molar-refractivity contribution < 1.29 is 9.90 Å². The standard InChI is InChI=1S/C25H26N4O2/c1-17(31)27-13-12-26-15-18-6-5-9-20(14-18)25-28-23-11-10-21(19-7-3-2-4-8-19)22(16-30)24(23)29-25/h2-11,14,26,30H,12-13,15-16H2,1H3,(H,27,31)(H,28,29). The van der Waals surface area contributed by atoms with E-state index < -0.39 is 0 Å². The van der Waals surface area contributed by atoms with Crippen LogP contribution in [0.4, 0.5) is 0 Å². The number of carbonyl (C=O) groups is 1. The molecule has 1 aromatic heterocycles. The number of nitrogens with one attached hydrogen (secondary N) is 3. The molecule has 31 heavy (non-hydrogen) atoms. The molecule has 0 atom stereocenters. The number of nitrogens with zero attached hydrogens (tertiary/aromatic N) is 1. The van der Waals surface area contributed by atoms with Crippen LogP contribution in [-0.4, -0.2) is 34.1 Å². The Hall–Kier alpha value is -3.48. The van der Waals surface area contributed by atoms with Crippen molar-refractivity contribution in [1.82, 2.24) is 20.6 Å². The molecule has 4 N–H and O–H groups in total. The lowest BCUT2D eigenvalue weighted by Gasteiger charge is -2.08. The fourth-order valence-corrected chi connectivity index (χ4v) is 3.71. The van der Waals surface area contributed by atoms with Crippen molar-refractivity contribution >= 4 is 16.9 Å². The molecule has 0 radical (unpaired) electrons. The first kappa shape index (κ1) is 20.8. The van der Waals surface area contributed by atoms with Gasteiger partial charge < -0.3 is 20.7 Å². The highest BCUT2D eigenvalue weighted by molar-refractivity contribution is 5.89. The highest BCUT2D eigenvalue weighted by atomic mass is 16.3. The van der Waals surface area contributed by atoms with Gasteiger partial charge >= 0.3 is 0 Å². The van der Waals surface area contributed by atoms with Gasteiger partial charge in [0.05, 0.1) is 17.6 Å². The number of rotatable bonds is 8. The first-order valence-corrected chi connectivity index (χ1v) is 10.4. The monoisotopic (exact) mass is 414 g/mol. The molecule has 4 aromatic rings. The van der Waals surface area contributed by atoms with Crippen molar-refractivity contribution in [3.05, 3.63) is 77.9 Å². The minimum atomic E-state index is -0.0792. The van der Waals surface area contributed by atoms with Crippen molar-refractivity contribution in [3.8, 4) is 22.5 Å². The normalized spacial score (nSPS) is 11.0. The first-order chi connectivity index (χ1) is 15.2. The maximum absolute atomic E-state index is 10.9. The summed E-state index contributed by atoms with van der Waals surface area (Å²) >= 11 is 0. The lowest BCUT2D eigenvalue weighted by Crippen LogP contribution is -2.29. The van der Waals surface area contributed by atoms with E-state index in [9.17, 15) is 9.90 Å². The fraction of sp³-hybridized carbons (Fsp3) is 0.200. The van der Waals surface area contributed by atoms with Crippen LogP contribution in [0, 0.1) is 0 Å². The Bertz CT molecular complexity index is 1180. The van der Waals surface area contributed by atoms with Gasteiger partial charge in [-0.1, -0.05) is 54.6 Å². The topological polar surface area (TPSA) is 90.0 Å². The van der Waals surface area contributed by atoms with E-state index in [1.54, 1.807) is 0 Å². The lowest BCUT2D eigenvalue weighted by molar-refractivity contribution is -0.118. The summed E-state index contributed by atoms with van der Waals surface area (Å²) in [5.41, 5.74) is 6.68. The number of imidazole rings is 1. The SMILES string of the molecule is CC(=O)NCCNCc1cccc(-c2nc3c(CO)c(-c4ccccc4)ccc3[nH]2)c1. The van der Waals surface area contributed by atoms with Crippen LogP contribution in [0.25, 0.3) is 33.5 Å². The molecular weight excluding hydrogens is 388 g/mol. The smallest absolute Gasteiger partial charge is 0.216 e. The highest BCUT2D eigenvalue weighted by Crippen LogP contribution is 2.31. The summed E-state index contributed by atoms with van der Waals surface area (Å²) in [7, 11) is 0. The van der Waals surface area contributed by atoms with Gasteiger partial charge in [-0.25, -0.2) is 4.98 Å². The Labute approximate surface area is 181 Å². The predicted octanol–water partition coefficient (Wildman–Crippen LogP) is 3.61. The number of H-pyrrole nitrogens is 1. The van der Waals surface area contributed by atoms with Crippen molar-refractivity contribution in [2.24, 2.45) is 0 Å². The van der Waals surface area contributed by atoms with Gasteiger partial charge in [-0.05, 0) is 28.8 Å². The predicted molar refractivity (Wildman–Crippen MR) is 123 cm³/mol. The molecule has 0 aliphatic heterocycles. The summed E-state index contributed by atoms with van der Waals surface area (Å²) in [5, 5.41) is 16.2. The van der Waals surface area contributed by atoms with Gasteiger partial charge in [-0.3, -0.25) is 4.79 Å². The van der Waals surface area contributed by atoms with Gasteiger partial charge in [-0.15, -0.1) is 0 Å². The zero-order valence-electron chi connectivity index (χ0n) is 17.5. The van der Waals surface area contributed by atoms with E-state index in [-0.39, 0.29) is 12.5 Å². The molecule has 0 aliphatic carbocycles. The largest absolute Gasteiger partial charge is 0.392 e. The van der Waals surface area contributed by atoms with E-state index in [4.69, 9.17) is 4.98 Å². The third kappa shape index (κ3) is 4.82.